The smallest absolute Gasteiger partial charge is 0.480 e. The number of methoxy groups -OCH3 is 2. The van der Waals surface area contributed by atoms with E-state index in [0.717, 1.165) is 34.6 Å². The maximum absolute atomic E-state index is 12.5. The molecule has 0 saturated heterocycles. The number of aryl methyl sites for hydroxylation is 2. The summed E-state index contributed by atoms with van der Waals surface area (Å²) in [5, 5.41) is 0. The van der Waals surface area contributed by atoms with Crippen molar-refractivity contribution in [2.45, 2.75) is 39.6 Å². The molecule has 0 aliphatic heterocycles. The molecule has 162 valence electrons. The maximum Gasteiger partial charge on any atom is 0.574 e. The fourth-order valence-electron chi connectivity index (χ4n) is 3.52. The molecule has 0 N–H and O–H groups in total. The number of alkyl halides is 3. The van der Waals surface area contributed by atoms with E-state index in [-0.39, 0.29) is 11.9 Å². The normalized spacial score (nSPS) is 12.9. The van der Waals surface area contributed by atoms with Gasteiger partial charge in [-0.3, -0.25) is 0 Å². The Labute approximate surface area is 172 Å². The van der Waals surface area contributed by atoms with E-state index < -0.39 is 12.2 Å². The molecule has 30 heavy (non-hydrogen) atoms. The number of hydrogen-bond donors (Lipinski definition) is 0. The van der Waals surface area contributed by atoms with Crippen molar-refractivity contribution in [2.24, 2.45) is 0 Å². The molecule has 6 nitrogen and oxygen atoms in total. The van der Waals surface area contributed by atoms with E-state index in [0.29, 0.717) is 17.9 Å². The Balaban J connectivity index is 2.11. The number of nitrogens with zero attached hydrogens (tertiary/aromatic N) is 3. The summed E-state index contributed by atoms with van der Waals surface area (Å²) >= 11 is 0. The van der Waals surface area contributed by atoms with E-state index in [1.807, 2.05) is 26.1 Å². The summed E-state index contributed by atoms with van der Waals surface area (Å²) in [6.45, 7) is 6.55. The SMILES string of the molecule is CC[C@@H](COC)n1cc(C)c2nc(-c3ccc(OC(F)(F)F)nc3OC)c(C)cc21. The number of halogens is 3. The molecule has 0 bridgehead atoms. The van der Waals surface area contributed by atoms with E-state index in [4.69, 9.17) is 14.5 Å². The van der Waals surface area contributed by atoms with E-state index in [1.54, 1.807) is 7.11 Å². The topological polar surface area (TPSA) is 58.4 Å². The van der Waals surface area contributed by atoms with Crippen molar-refractivity contribution >= 4 is 11.0 Å². The van der Waals surface area contributed by atoms with Crippen molar-refractivity contribution in [1.29, 1.82) is 0 Å². The zero-order valence-electron chi connectivity index (χ0n) is 17.5. The minimum absolute atomic E-state index is 0.00889. The second kappa shape index (κ2) is 8.51. The molecule has 0 amide bonds. The lowest BCUT2D eigenvalue weighted by Gasteiger charge is -2.18. The van der Waals surface area contributed by atoms with Gasteiger partial charge in [-0.25, -0.2) is 4.98 Å². The van der Waals surface area contributed by atoms with Gasteiger partial charge in [0, 0.05) is 19.4 Å². The quantitative estimate of drug-likeness (QED) is 0.522. The van der Waals surface area contributed by atoms with E-state index in [9.17, 15) is 13.2 Å². The van der Waals surface area contributed by atoms with Crippen molar-refractivity contribution in [3.05, 3.63) is 35.5 Å². The standard InChI is InChI=1S/C21H24F3N3O3/c1-6-14(11-28-4)27-10-13(3)19-16(27)9-12(2)18(26-19)15-7-8-17(25-20(15)29-5)30-21(22,23)24/h7-10,14H,6,11H2,1-5H3/t14-/m0/s1. The Bertz CT molecular complexity index is 1050. The molecule has 0 saturated carbocycles. The molecule has 0 aromatic carbocycles. The van der Waals surface area contributed by atoms with E-state index >= 15 is 0 Å². The second-order valence-corrected chi connectivity index (χ2v) is 7.01. The van der Waals surface area contributed by atoms with Crippen LogP contribution in [0.2, 0.25) is 0 Å². The molecule has 9 heteroatoms. The molecule has 3 aromatic rings. The minimum Gasteiger partial charge on any atom is -0.480 e. The molecule has 1 atom stereocenters. The van der Waals surface area contributed by atoms with Crippen LogP contribution in [0.15, 0.2) is 24.4 Å². The Kier molecular flexibility index (Phi) is 6.21. The average Bonchev–Trinajstić information content (AvgIpc) is 2.99. The first-order valence-corrected chi connectivity index (χ1v) is 9.47. The van der Waals surface area contributed by atoms with Crippen molar-refractivity contribution in [2.75, 3.05) is 20.8 Å². The number of ether oxygens (including phenoxy) is 3. The van der Waals surface area contributed by atoms with Crippen LogP contribution in [0.3, 0.4) is 0 Å². The van der Waals surface area contributed by atoms with Crippen LogP contribution in [0.25, 0.3) is 22.3 Å². The fourth-order valence-corrected chi connectivity index (χ4v) is 3.52. The van der Waals surface area contributed by atoms with Gasteiger partial charge in [0.1, 0.15) is 0 Å². The van der Waals surface area contributed by atoms with Gasteiger partial charge in [-0.2, -0.15) is 4.98 Å². The van der Waals surface area contributed by atoms with Gasteiger partial charge in [0.15, 0.2) is 0 Å². The lowest BCUT2D eigenvalue weighted by atomic mass is 10.1. The van der Waals surface area contributed by atoms with Crippen LogP contribution in [0.4, 0.5) is 13.2 Å². The molecule has 0 aliphatic carbocycles. The monoisotopic (exact) mass is 423 g/mol. The first kappa shape index (κ1) is 21.9. The van der Waals surface area contributed by atoms with Gasteiger partial charge in [-0.1, -0.05) is 6.92 Å². The number of aromatic nitrogens is 3. The number of pyridine rings is 2. The highest BCUT2D eigenvalue weighted by molar-refractivity contribution is 5.85. The minimum atomic E-state index is -4.83. The molecule has 0 radical (unpaired) electrons. The van der Waals surface area contributed by atoms with Gasteiger partial charge < -0.3 is 18.8 Å². The Morgan fingerprint density at radius 1 is 1.10 bits per heavy atom. The van der Waals surface area contributed by atoms with E-state index in [1.165, 1.54) is 13.2 Å². The van der Waals surface area contributed by atoms with Crippen LogP contribution < -0.4 is 9.47 Å². The third-order valence-corrected chi connectivity index (χ3v) is 4.90. The molecule has 0 aliphatic rings. The molecule has 0 spiro atoms. The molecule has 3 rings (SSSR count). The number of hydrogen-bond acceptors (Lipinski definition) is 5. The third-order valence-electron chi connectivity index (χ3n) is 4.90. The van der Waals surface area contributed by atoms with Crippen LogP contribution in [0.5, 0.6) is 11.8 Å². The van der Waals surface area contributed by atoms with E-state index in [2.05, 4.69) is 21.2 Å². The molecule has 3 aromatic heterocycles. The van der Waals surface area contributed by atoms with Crippen LogP contribution in [0, 0.1) is 13.8 Å². The van der Waals surface area contributed by atoms with Gasteiger partial charge in [0.2, 0.25) is 11.8 Å². The summed E-state index contributed by atoms with van der Waals surface area (Å²) in [7, 11) is 3.02. The zero-order valence-corrected chi connectivity index (χ0v) is 17.5. The molecule has 3 heterocycles. The van der Waals surface area contributed by atoms with Crippen LogP contribution in [0.1, 0.15) is 30.5 Å². The summed E-state index contributed by atoms with van der Waals surface area (Å²) in [6, 6.07) is 4.82. The second-order valence-electron chi connectivity index (χ2n) is 7.01. The summed E-state index contributed by atoms with van der Waals surface area (Å²) in [5.41, 5.74) is 4.70. The number of fused-ring (bicyclic) bond motifs is 1. The van der Waals surface area contributed by atoms with Gasteiger partial charge >= 0.3 is 6.36 Å². The average molecular weight is 423 g/mol. The lowest BCUT2D eigenvalue weighted by molar-refractivity contribution is -0.276. The zero-order chi connectivity index (χ0) is 22.1. The molecule has 0 unspecified atom stereocenters. The highest BCUT2D eigenvalue weighted by Crippen LogP contribution is 2.35. The summed E-state index contributed by atoms with van der Waals surface area (Å²) in [6.07, 6.45) is -1.88. The predicted octanol–water partition coefficient (Wildman–Crippen LogP) is 5.22. The highest BCUT2D eigenvalue weighted by atomic mass is 19.4. The van der Waals surface area contributed by atoms with Gasteiger partial charge in [-0.05, 0) is 43.5 Å². The maximum atomic E-state index is 12.5. The van der Waals surface area contributed by atoms with Gasteiger partial charge in [-0.15, -0.1) is 13.2 Å². The molecular formula is C21H24F3N3O3. The highest BCUT2D eigenvalue weighted by Gasteiger charge is 2.32. The summed E-state index contributed by atoms with van der Waals surface area (Å²) in [4.78, 5) is 8.65. The largest absolute Gasteiger partial charge is 0.574 e. The summed E-state index contributed by atoms with van der Waals surface area (Å²) in [5.74, 6) is -0.580. The molecule has 0 fully saturated rings. The predicted molar refractivity (Wildman–Crippen MR) is 107 cm³/mol. The summed E-state index contributed by atoms with van der Waals surface area (Å²) < 4.78 is 54.2. The Morgan fingerprint density at radius 3 is 2.43 bits per heavy atom. The number of rotatable bonds is 7. The van der Waals surface area contributed by atoms with Crippen molar-refractivity contribution < 1.29 is 27.4 Å². The van der Waals surface area contributed by atoms with Crippen molar-refractivity contribution in [3.8, 4) is 23.0 Å². The lowest BCUT2D eigenvalue weighted by Crippen LogP contribution is -2.18. The first-order chi connectivity index (χ1) is 14.2. The Hall–Kier alpha value is -2.81. The van der Waals surface area contributed by atoms with Crippen LogP contribution in [-0.4, -0.2) is 41.7 Å². The first-order valence-electron chi connectivity index (χ1n) is 9.47. The fraction of sp³-hybridized carbons (Fsp3) is 0.429. The molecular weight excluding hydrogens is 399 g/mol. The third kappa shape index (κ3) is 4.35. The van der Waals surface area contributed by atoms with Crippen LogP contribution >= 0.6 is 0 Å². The Morgan fingerprint density at radius 2 is 1.83 bits per heavy atom. The van der Waals surface area contributed by atoms with Crippen molar-refractivity contribution in [3.63, 3.8) is 0 Å². The van der Waals surface area contributed by atoms with Crippen molar-refractivity contribution in [1.82, 2.24) is 14.5 Å². The van der Waals surface area contributed by atoms with Gasteiger partial charge in [0.05, 0.1) is 42.0 Å². The van der Waals surface area contributed by atoms with Gasteiger partial charge in [0.25, 0.3) is 0 Å². The van der Waals surface area contributed by atoms with Crippen LogP contribution in [-0.2, 0) is 4.74 Å².